The molecule has 1 heterocycles. The summed E-state index contributed by atoms with van der Waals surface area (Å²) >= 11 is 0. The van der Waals surface area contributed by atoms with Crippen LogP contribution in [0.2, 0.25) is 0 Å². The third-order valence-electron chi connectivity index (χ3n) is 2.89. The number of carbonyl (C=O) groups excluding carboxylic acids is 1. The number of aromatic nitrogens is 2. The lowest BCUT2D eigenvalue weighted by Gasteiger charge is -2.18. The van der Waals surface area contributed by atoms with Crippen LogP contribution in [0, 0.1) is 5.92 Å². The Bertz CT molecular complexity index is 419. The summed E-state index contributed by atoms with van der Waals surface area (Å²) in [6, 6.07) is 0. The Morgan fingerprint density at radius 3 is 2.58 bits per heavy atom. The Labute approximate surface area is 115 Å². The Hall–Kier alpha value is -1.36. The minimum atomic E-state index is -0.337. The third kappa shape index (κ3) is 5.03. The first-order valence-electron chi connectivity index (χ1n) is 6.71. The average molecular weight is 267 g/mol. The van der Waals surface area contributed by atoms with Gasteiger partial charge in [0.1, 0.15) is 0 Å². The van der Waals surface area contributed by atoms with Crippen LogP contribution in [0.4, 0.5) is 0 Å². The van der Waals surface area contributed by atoms with Crippen molar-refractivity contribution in [2.24, 2.45) is 5.92 Å². The molecule has 1 amide bonds. The van der Waals surface area contributed by atoms with Crippen molar-refractivity contribution < 1.29 is 9.90 Å². The lowest BCUT2D eigenvalue weighted by atomic mass is 10.0. The predicted molar refractivity (Wildman–Crippen MR) is 75.0 cm³/mol. The average Bonchev–Trinajstić information content (AvgIpc) is 2.73. The number of amides is 1. The molecule has 108 valence electrons. The summed E-state index contributed by atoms with van der Waals surface area (Å²) < 4.78 is 1.78. The molecule has 2 unspecified atom stereocenters. The molecule has 1 rings (SSSR count). The topological polar surface area (TPSA) is 67.2 Å². The number of aliphatic hydroxyl groups excluding tert-OH is 1. The molecule has 1 aromatic rings. The molecule has 0 saturated carbocycles. The van der Waals surface area contributed by atoms with E-state index in [1.54, 1.807) is 24.0 Å². The van der Waals surface area contributed by atoms with Gasteiger partial charge < -0.3 is 10.4 Å². The van der Waals surface area contributed by atoms with Gasteiger partial charge in [0, 0.05) is 12.7 Å². The van der Waals surface area contributed by atoms with E-state index in [0.29, 0.717) is 18.5 Å². The zero-order chi connectivity index (χ0) is 14.6. The maximum Gasteiger partial charge on any atom is 0.254 e. The molecule has 0 aliphatic rings. The van der Waals surface area contributed by atoms with Crippen molar-refractivity contribution in [3.63, 3.8) is 0 Å². The normalized spacial score (nSPS) is 15.1. The van der Waals surface area contributed by atoms with Gasteiger partial charge in [-0.25, -0.2) is 0 Å². The van der Waals surface area contributed by atoms with Crippen molar-refractivity contribution in [2.75, 3.05) is 6.54 Å². The summed E-state index contributed by atoms with van der Waals surface area (Å²) in [4.78, 5) is 11.9. The zero-order valence-electron chi connectivity index (χ0n) is 12.5. The highest BCUT2D eigenvalue weighted by Crippen LogP contribution is 2.13. The second kappa shape index (κ2) is 6.19. The number of nitrogens with zero attached hydrogens (tertiary/aromatic N) is 2. The van der Waals surface area contributed by atoms with Crippen molar-refractivity contribution in [3.8, 4) is 0 Å². The largest absolute Gasteiger partial charge is 0.393 e. The third-order valence-corrected chi connectivity index (χ3v) is 2.89. The van der Waals surface area contributed by atoms with Crippen LogP contribution in [-0.2, 0) is 5.54 Å². The lowest BCUT2D eigenvalue weighted by Crippen LogP contribution is -2.29. The van der Waals surface area contributed by atoms with Crippen molar-refractivity contribution in [1.82, 2.24) is 15.1 Å². The SMILES string of the molecule is CC(O)CC(C)CNC(=O)c1cnn(C(C)(C)C)c1. The second-order valence-corrected chi connectivity index (χ2v) is 6.24. The molecule has 19 heavy (non-hydrogen) atoms. The summed E-state index contributed by atoms with van der Waals surface area (Å²) in [6.07, 6.45) is 3.69. The van der Waals surface area contributed by atoms with E-state index in [9.17, 15) is 9.90 Å². The van der Waals surface area contributed by atoms with Gasteiger partial charge >= 0.3 is 0 Å². The molecular formula is C14H25N3O2. The molecule has 1 aromatic heterocycles. The van der Waals surface area contributed by atoms with E-state index in [2.05, 4.69) is 10.4 Å². The van der Waals surface area contributed by atoms with E-state index in [0.717, 1.165) is 0 Å². The molecular weight excluding hydrogens is 242 g/mol. The monoisotopic (exact) mass is 267 g/mol. The highest BCUT2D eigenvalue weighted by Gasteiger charge is 2.17. The summed E-state index contributed by atoms with van der Waals surface area (Å²) in [5.41, 5.74) is 0.442. The van der Waals surface area contributed by atoms with E-state index >= 15 is 0 Å². The van der Waals surface area contributed by atoms with Crippen LogP contribution in [0.3, 0.4) is 0 Å². The van der Waals surface area contributed by atoms with Crippen LogP contribution >= 0.6 is 0 Å². The van der Waals surface area contributed by atoms with Crippen LogP contribution < -0.4 is 5.32 Å². The Morgan fingerprint density at radius 1 is 1.47 bits per heavy atom. The van der Waals surface area contributed by atoms with Crippen LogP contribution in [-0.4, -0.2) is 33.4 Å². The lowest BCUT2D eigenvalue weighted by molar-refractivity contribution is 0.0939. The molecule has 5 heteroatoms. The first-order chi connectivity index (χ1) is 8.70. The minimum Gasteiger partial charge on any atom is -0.393 e. The molecule has 0 bridgehead atoms. The van der Waals surface area contributed by atoms with Gasteiger partial charge in [0.2, 0.25) is 0 Å². The molecule has 0 spiro atoms. The van der Waals surface area contributed by atoms with Crippen LogP contribution in [0.15, 0.2) is 12.4 Å². The number of rotatable bonds is 5. The molecule has 5 nitrogen and oxygen atoms in total. The van der Waals surface area contributed by atoms with Gasteiger partial charge in [0.05, 0.1) is 23.4 Å². The fraction of sp³-hybridized carbons (Fsp3) is 0.714. The highest BCUT2D eigenvalue weighted by molar-refractivity contribution is 5.93. The number of aliphatic hydroxyl groups is 1. The van der Waals surface area contributed by atoms with Gasteiger partial charge in [-0.3, -0.25) is 9.48 Å². The summed E-state index contributed by atoms with van der Waals surface area (Å²) in [6.45, 7) is 10.4. The fourth-order valence-electron chi connectivity index (χ4n) is 1.84. The van der Waals surface area contributed by atoms with Crippen molar-refractivity contribution in [1.29, 1.82) is 0 Å². The molecule has 0 fully saturated rings. The molecule has 2 N–H and O–H groups in total. The van der Waals surface area contributed by atoms with Gasteiger partial charge in [-0.15, -0.1) is 0 Å². The minimum absolute atomic E-state index is 0.118. The van der Waals surface area contributed by atoms with Gasteiger partial charge in [0.15, 0.2) is 0 Å². The van der Waals surface area contributed by atoms with Crippen molar-refractivity contribution in [2.45, 2.75) is 52.7 Å². The van der Waals surface area contributed by atoms with Gasteiger partial charge in [-0.05, 0) is 40.0 Å². The number of carbonyl (C=O) groups is 1. The predicted octanol–water partition coefficient (Wildman–Crippen LogP) is 1.77. The first kappa shape index (κ1) is 15.7. The Kier molecular flexibility index (Phi) is 5.11. The maximum atomic E-state index is 11.9. The van der Waals surface area contributed by atoms with E-state index in [1.807, 2.05) is 27.7 Å². The van der Waals surface area contributed by atoms with E-state index in [1.165, 1.54) is 0 Å². The smallest absolute Gasteiger partial charge is 0.254 e. The summed E-state index contributed by atoms with van der Waals surface area (Å²) in [5.74, 6) is 0.134. The standard InChI is InChI=1S/C14H25N3O2/c1-10(6-11(2)18)7-15-13(19)12-8-16-17(9-12)14(3,4)5/h8-11,18H,6-7H2,1-5H3,(H,15,19). The molecule has 2 atom stereocenters. The molecule has 0 radical (unpaired) electrons. The maximum absolute atomic E-state index is 11.9. The summed E-state index contributed by atoms with van der Waals surface area (Å²) in [5, 5.41) is 16.3. The quantitative estimate of drug-likeness (QED) is 0.854. The van der Waals surface area contributed by atoms with Gasteiger partial charge in [-0.1, -0.05) is 6.92 Å². The molecule has 0 aliphatic carbocycles. The summed E-state index contributed by atoms with van der Waals surface area (Å²) in [7, 11) is 0. The van der Waals surface area contributed by atoms with E-state index < -0.39 is 0 Å². The molecule has 0 aliphatic heterocycles. The first-order valence-corrected chi connectivity index (χ1v) is 6.71. The number of hydrogen-bond acceptors (Lipinski definition) is 3. The molecule has 0 aromatic carbocycles. The van der Waals surface area contributed by atoms with Crippen molar-refractivity contribution in [3.05, 3.63) is 18.0 Å². The fourth-order valence-corrected chi connectivity index (χ4v) is 1.84. The number of nitrogens with one attached hydrogen (secondary N) is 1. The number of hydrogen-bond donors (Lipinski definition) is 2. The zero-order valence-corrected chi connectivity index (χ0v) is 12.5. The van der Waals surface area contributed by atoms with Crippen molar-refractivity contribution >= 4 is 5.91 Å². The Balaban J connectivity index is 2.52. The molecule has 0 saturated heterocycles. The Morgan fingerprint density at radius 2 is 2.11 bits per heavy atom. The van der Waals surface area contributed by atoms with Crippen LogP contribution in [0.25, 0.3) is 0 Å². The van der Waals surface area contributed by atoms with E-state index in [-0.39, 0.29) is 23.5 Å². The van der Waals surface area contributed by atoms with E-state index in [4.69, 9.17) is 0 Å². The highest BCUT2D eigenvalue weighted by atomic mass is 16.3. The van der Waals surface area contributed by atoms with Crippen LogP contribution in [0.1, 0.15) is 51.4 Å². The van der Waals surface area contributed by atoms with Crippen LogP contribution in [0.5, 0.6) is 0 Å². The van der Waals surface area contributed by atoms with Gasteiger partial charge in [0.25, 0.3) is 5.91 Å². The van der Waals surface area contributed by atoms with Gasteiger partial charge in [-0.2, -0.15) is 5.10 Å². The second-order valence-electron chi connectivity index (χ2n) is 6.24.